The lowest BCUT2D eigenvalue weighted by molar-refractivity contribution is -0.125. The van der Waals surface area contributed by atoms with Crippen molar-refractivity contribution in [2.24, 2.45) is 5.92 Å². The van der Waals surface area contributed by atoms with Crippen LogP contribution in [0.15, 0.2) is 42.5 Å². The summed E-state index contributed by atoms with van der Waals surface area (Å²) in [7, 11) is 0. The first-order valence-electron chi connectivity index (χ1n) is 10.0. The Labute approximate surface area is 170 Å². The van der Waals surface area contributed by atoms with Gasteiger partial charge in [-0.1, -0.05) is 47.7 Å². The molecular weight excluding hydrogens is 366 g/mol. The topological polar surface area (TPSA) is 45.2 Å². The van der Waals surface area contributed by atoms with E-state index in [9.17, 15) is 4.79 Å². The molecule has 0 spiro atoms. The molecule has 0 saturated carbocycles. The zero-order valence-electron chi connectivity index (χ0n) is 16.6. The Kier molecular flexibility index (Phi) is 5.62. The molecular formula is C23H27N3OS. The van der Waals surface area contributed by atoms with Gasteiger partial charge in [0.05, 0.1) is 16.1 Å². The van der Waals surface area contributed by atoms with Gasteiger partial charge in [0.2, 0.25) is 5.91 Å². The summed E-state index contributed by atoms with van der Waals surface area (Å²) in [6.45, 7) is 6.68. The minimum absolute atomic E-state index is 0.0411. The van der Waals surface area contributed by atoms with Gasteiger partial charge in [-0.3, -0.25) is 4.79 Å². The van der Waals surface area contributed by atoms with E-state index in [1.165, 1.54) is 21.4 Å². The molecule has 2 aromatic carbocycles. The van der Waals surface area contributed by atoms with Gasteiger partial charge in [-0.2, -0.15) is 0 Å². The largest absolute Gasteiger partial charge is 0.355 e. The highest BCUT2D eigenvalue weighted by molar-refractivity contribution is 7.22. The van der Waals surface area contributed by atoms with Crippen LogP contribution < -0.4 is 10.2 Å². The molecule has 4 nitrogen and oxygen atoms in total. The molecule has 0 radical (unpaired) electrons. The summed E-state index contributed by atoms with van der Waals surface area (Å²) in [5.41, 5.74) is 4.85. The summed E-state index contributed by atoms with van der Waals surface area (Å²) in [6.07, 6.45) is 2.86. The number of carbonyl (C=O) groups excluding carboxylic acids is 1. The molecule has 146 valence electrons. The number of benzene rings is 2. The first kappa shape index (κ1) is 18.9. The maximum Gasteiger partial charge on any atom is 0.224 e. The molecule has 3 aromatic rings. The number of aryl methyl sites for hydroxylation is 2. The SMILES string of the molecule is Cc1cc(C)c2nc(N3CCC[C@H](C(=O)NCCc4ccccc4)C3)sc2c1. The van der Waals surface area contributed by atoms with Crippen molar-refractivity contribution in [1.29, 1.82) is 0 Å². The van der Waals surface area contributed by atoms with Gasteiger partial charge in [0, 0.05) is 19.6 Å². The van der Waals surface area contributed by atoms with Crippen LogP contribution in [0.4, 0.5) is 5.13 Å². The zero-order chi connectivity index (χ0) is 19.5. The number of thiazole rings is 1. The van der Waals surface area contributed by atoms with Crippen molar-refractivity contribution in [2.45, 2.75) is 33.1 Å². The van der Waals surface area contributed by atoms with Gasteiger partial charge in [0.25, 0.3) is 0 Å². The van der Waals surface area contributed by atoms with Crippen molar-refractivity contribution in [3.8, 4) is 0 Å². The van der Waals surface area contributed by atoms with E-state index < -0.39 is 0 Å². The number of carbonyl (C=O) groups is 1. The number of nitrogens with one attached hydrogen (secondary N) is 1. The normalized spacial score (nSPS) is 17.1. The lowest BCUT2D eigenvalue weighted by atomic mass is 9.97. The minimum atomic E-state index is 0.0411. The summed E-state index contributed by atoms with van der Waals surface area (Å²) < 4.78 is 1.24. The second-order valence-corrected chi connectivity index (χ2v) is 8.75. The van der Waals surface area contributed by atoms with Crippen LogP contribution in [0.1, 0.15) is 29.5 Å². The maximum absolute atomic E-state index is 12.7. The van der Waals surface area contributed by atoms with Crippen LogP contribution in [-0.2, 0) is 11.2 Å². The molecule has 5 heteroatoms. The van der Waals surface area contributed by atoms with E-state index in [2.05, 4.69) is 48.3 Å². The summed E-state index contributed by atoms with van der Waals surface area (Å²) in [5.74, 6) is 0.216. The Balaban J connectivity index is 1.38. The first-order valence-corrected chi connectivity index (χ1v) is 10.9. The van der Waals surface area contributed by atoms with Crippen LogP contribution in [0.25, 0.3) is 10.2 Å². The van der Waals surface area contributed by atoms with E-state index in [0.717, 1.165) is 43.0 Å². The second-order valence-electron chi connectivity index (χ2n) is 7.74. The quantitative estimate of drug-likeness (QED) is 0.695. The average Bonchev–Trinajstić information content (AvgIpc) is 3.13. The molecule has 2 heterocycles. The number of amides is 1. The Bertz CT molecular complexity index is 967. The summed E-state index contributed by atoms with van der Waals surface area (Å²) in [6, 6.07) is 14.7. The number of piperidine rings is 1. The third kappa shape index (κ3) is 4.20. The molecule has 1 aliphatic heterocycles. The van der Waals surface area contributed by atoms with Gasteiger partial charge in [-0.25, -0.2) is 4.98 Å². The van der Waals surface area contributed by atoms with E-state index in [0.29, 0.717) is 6.54 Å². The fourth-order valence-corrected chi connectivity index (χ4v) is 5.15. The molecule has 28 heavy (non-hydrogen) atoms. The molecule has 1 fully saturated rings. The number of rotatable bonds is 5. The number of hydrogen-bond donors (Lipinski definition) is 1. The summed E-state index contributed by atoms with van der Waals surface area (Å²) in [4.78, 5) is 19.9. The Morgan fingerprint density at radius 3 is 2.89 bits per heavy atom. The number of hydrogen-bond acceptors (Lipinski definition) is 4. The van der Waals surface area contributed by atoms with E-state index in [1.807, 2.05) is 18.2 Å². The van der Waals surface area contributed by atoms with Crippen LogP contribution >= 0.6 is 11.3 Å². The molecule has 1 N–H and O–H groups in total. The third-order valence-corrected chi connectivity index (χ3v) is 6.50. The van der Waals surface area contributed by atoms with Crippen LogP contribution in [0.2, 0.25) is 0 Å². The van der Waals surface area contributed by atoms with E-state index >= 15 is 0 Å². The fourth-order valence-electron chi connectivity index (χ4n) is 3.98. The molecule has 1 aliphatic rings. The predicted octanol–water partition coefficient (Wildman–Crippen LogP) is 4.49. The Morgan fingerprint density at radius 2 is 2.07 bits per heavy atom. The van der Waals surface area contributed by atoms with Crippen molar-refractivity contribution in [3.63, 3.8) is 0 Å². The summed E-state index contributed by atoms with van der Waals surface area (Å²) in [5, 5.41) is 4.18. The van der Waals surface area contributed by atoms with E-state index in [1.54, 1.807) is 11.3 Å². The van der Waals surface area contributed by atoms with Crippen LogP contribution in [0, 0.1) is 19.8 Å². The maximum atomic E-state index is 12.7. The van der Waals surface area contributed by atoms with Gasteiger partial charge >= 0.3 is 0 Å². The summed E-state index contributed by atoms with van der Waals surface area (Å²) >= 11 is 1.74. The highest BCUT2D eigenvalue weighted by atomic mass is 32.1. The van der Waals surface area contributed by atoms with Crippen molar-refractivity contribution in [2.75, 3.05) is 24.5 Å². The smallest absolute Gasteiger partial charge is 0.224 e. The highest BCUT2D eigenvalue weighted by Gasteiger charge is 2.27. The van der Waals surface area contributed by atoms with Crippen molar-refractivity contribution in [1.82, 2.24) is 10.3 Å². The molecule has 0 unspecified atom stereocenters. The first-order chi connectivity index (χ1) is 13.6. The number of anilines is 1. The second kappa shape index (κ2) is 8.31. The number of fused-ring (bicyclic) bond motifs is 1. The minimum Gasteiger partial charge on any atom is -0.355 e. The molecule has 1 saturated heterocycles. The number of aromatic nitrogens is 1. The fraction of sp³-hybridized carbons (Fsp3) is 0.391. The monoisotopic (exact) mass is 393 g/mol. The third-order valence-electron chi connectivity index (χ3n) is 5.44. The van der Waals surface area contributed by atoms with Gasteiger partial charge in [-0.05, 0) is 55.9 Å². The molecule has 1 aromatic heterocycles. The van der Waals surface area contributed by atoms with Crippen LogP contribution in [-0.4, -0.2) is 30.5 Å². The Morgan fingerprint density at radius 1 is 1.25 bits per heavy atom. The molecule has 4 rings (SSSR count). The van der Waals surface area contributed by atoms with Gasteiger partial charge in [-0.15, -0.1) is 0 Å². The predicted molar refractivity (Wildman–Crippen MR) is 117 cm³/mol. The van der Waals surface area contributed by atoms with Crippen LogP contribution in [0.3, 0.4) is 0 Å². The van der Waals surface area contributed by atoms with E-state index in [-0.39, 0.29) is 11.8 Å². The molecule has 0 aliphatic carbocycles. The molecule has 1 atom stereocenters. The van der Waals surface area contributed by atoms with Crippen molar-refractivity contribution < 1.29 is 4.79 Å². The van der Waals surface area contributed by atoms with Crippen molar-refractivity contribution >= 4 is 32.6 Å². The Hall–Kier alpha value is -2.40. The lowest BCUT2D eigenvalue weighted by Crippen LogP contribution is -2.43. The van der Waals surface area contributed by atoms with Crippen LogP contribution in [0.5, 0.6) is 0 Å². The number of nitrogens with zero attached hydrogens (tertiary/aromatic N) is 2. The van der Waals surface area contributed by atoms with Crippen molar-refractivity contribution in [3.05, 3.63) is 59.2 Å². The zero-order valence-corrected chi connectivity index (χ0v) is 17.4. The van der Waals surface area contributed by atoms with Gasteiger partial charge < -0.3 is 10.2 Å². The van der Waals surface area contributed by atoms with Gasteiger partial charge in [0.1, 0.15) is 0 Å². The van der Waals surface area contributed by atoms with Gasteiger partial charge in [0.15, 0.2) is 5.13 Å². The van der Waals surface area contributed by atoms with E-state index in [4.69, 9.17) is 4.98 Å². The average molecular weight is 394 g/mol. The molecule has 0 bridgehead atoms. The molecule has 1 amide bonds. The lowest BCUT2D eigenvalue weighted by Gasteiger charge is -2.31. The standard InChI is InChI=1S/C23H27N3OS/c1-16-13-17(2)21-20(14-16)28-23(25-21)26-12-6-9-19(15-26)22(27)24-11-10-18-7-4-3-5-8-18/h3-5,7-8,13-14,19H,6,9-12,15H2,1-2H3,(H,24,27)/t19-/m0/s1. The highest BCUT2D eigenvalue weighted by Crippen LogP contribution is 2.33.